The van der Waals surface area contributed by atoms with Gasteiger partial charge in [0.05, 0.1) is 20.3 Å². The summed E-state index contributed by atoms with van der Waals surface area (Å²) in [4.78, 5) is 13.0. The van der Waals surface area contributed by atoms with Crippen molar-refractivity contribution in [2.45, 2.75) is 5.92 Å². The van der Waals surface area contributed by atoms with Crippen LogP contribution in [0.25, 0.3) is 22.2 Å². The summed E-state index contributed by atoms with van der Waals surface area (Å²) in [7, 11) is 1.61. The molecule has 3 aromatic rings. The van der Waals surface area contributed by atoms with E-state index < -0.39 is 0 Å². The van der Waals surface area contributed by atoms with Crippen molar-refractivity contribution in [3.8, 4) is 16.9 Å². The third-order valence-electron chi connectivity index (χ3n) is 6.24. The van der Waals surface area contributed by atoms with Crippen molar-refractivity contribution in [1.82, 2.24) is 19.8 Å². The summed E-state index contributed by atoms with van der Waals surface area (Å²) in [5.41, 5.74) is 3.71. The highest BCUT2D eigenvalue weighted by molar-refractivity contribution is 5.95. The van der Waals surface area contributed by atoms with Crippen molar-refractivity contribution < 1.29 is 13.9 Å². The number of aromatic amines is 1. The second-order valence-corrected chi connectivity index (χ2v) is 8.10. The van der Waals surface area contributed by atoms with E-state index in [0.717, 1.165) is 74.6 Å². The van der Waals surface area contributed by atoms with E-state index in [1.165, 1.54) is 17.8 Å². The summed E-state index contributed by atoms with van der Waals surface area (Å²) >= 11 is 0. The molecule has 2 aromatic heterocycles. The topological polar surface area (TPSA) is 53.6 Å². The zero-order valence-electron chi connectivity index (χ0n) is 17.2. The van der Waals surface area contributed by atoms with Crippen molar-refractivity contribution in [2.75, 3.05) is 59.6 Å². The van der Waals surface area contributed by atoms with E-state index in [0.29, 0.717) is 11.7 Å². The fraction of sp³-hybridized carbons (Fsp3) is 0.435. The predicted octanol–water partition coefficient (Wildman–Crippen LogP) is 3.11. The Balaban J connectivity index is 1.31. The molecule has 2 saturated heterocycles. The highest BCUT2D eigenvalue weighted by atomic mass is 19.1. The second-order valence-electron chi connectivity index (χ2n) is 8.10. The molecule has 0 amide bonds. The van der Waals surface area contributed by atoms with Gasteiger partial charge < -0.3 is 19.4 Å². The van der Waals surface area contributed by atoms with Crippen molar-refractivity contribution in [3.05, 3.63) is 48.0 Å². The van der Waals surface area contributed by atoms with E-state index in [4.69, 9.17) is 9.47 Å². The van der Waals surface area contributed by atoms with Gasteiger partial charge in [0.2, 0.25) is 0 Å². The molecule has 0 atom stereocenters. The normalized spacial score (nSPS) is 18.6. The number of hydrogen-bond donors (Lipinski definition) is 1. The largest absolute Gasteiger partial charge is 0.496 e. The molecule has 2 aliphatic heterocycles. The number of nitrogens with one attached hydrogen (secondary N) is 1. The van der Waals surface area contributed by atoms with Gasteiger partial charge in [0, 0.05) is 68.0 Å². The Hall–Kier alpha value is -2.48. The van der Waals surface area contributed by atoms with Crippen LogP contribution in [-0.2, 0) is 4.74 Å². The maximum Gasteiger partial charge on any atom is 0.138 e. The van der Waals surface area contributed by atoms with Gasteiger partial charge in [0.1, 0.15) is 17.2 Å². The highest BCUT2D eigenvalue weighted by Gasteiger charge is 2.30. The van der Waals surface area contributed by atoms with Crippen LogP contribution < -0.4 is 4.74 Å². The standard InChI is InChI=1S/C23H27FN4O2/c1-29-22-3-2-17(24)12-19(22)18-4-5-25-23-20(18)13-21(26-23)16-14-28(15-16)7-6-27-8-10-30-11-9-27/h2-5,12-13,16H,6-11,14-15H2,1H3,(H,25,26). The number of likely N-dealkylation sites (tertiary alicyclic amines) is 1. The van der Waals surface area contributed by atoms with Gasteiger partial charge in [0.15, 0.2) is 0 Å². The first-order valence-electron chi connectivity index (χ1n) is 10.6. The molecule has 6 nitrogen and oxygen atoms in total. The number of halogens is 1. The van der Waals surface area contributed by atoms with Gasteiger partial charge in [-0.15, -0.1) is 0 Å². The molecule has 30 heavy (non-hydrogen) atoms. The Bertz CT molecular complexity index is 1030. The van der Waals surface area contributed by atoms with E-state index >= 15 is 0 Å². The summed E-state index contributed by atoms with van der Waals surface area (Å²) in [6.45, 7) is 8.08. The van der Waals surface area contributed by atoms with E-state index in [2.05, 4.69) is 25.8 Å². The quantitative estimate of drug-likeness (QED) is 0.677. The second kappa shape index (κ2) is 8.34. The van der Waals surface area contributed by atoms with E-state index in [1.807, 2.05) is 6.07 Å². The molecular weight excluding hydrogens is 383 g/mol. The lowest BCUT2D eigenvalue weighted by molar-refractivity contribution is 0.0276. The molecule has 1 aromatic carbocycles. The van der Waals surface area contributed by atoms with Gasteiger partial charge >= 0.3 is 0 Å². The summed E-state index contributed by atoms with van der Waals surface area (Å²) in [5, 5.41) is 1.00. The van der Waals surface area contributed by atoms with Crippen molar-refractivity contribution in [2.24, 2.45) is 0 Å². The summed E-state index contributed by atoms with van der Waals surface area (Å²) in [6, 6.07) is 8.71. The lowest BCUT2D eigenvalue weighted by Crippen LogP contribution is -2.49. The molecule has 2 fully saturated rings. The molecule has 0 bridgehead atoms. The van der Waals surface area contributed by atoms with Crippen LogP contribution in [0.3, 0.4) is 0 Å². The predicted molar refractivity (Wildman–Crippen MR) is 114 cm³/mol. The molecule has 4 heterocycles. The SMILES string of the molecule is COc1ccc(F)cc1-c1ccnc2[nH]c(C3CN(CCN4CCOCC4)C3)cc12. The van der Waals surface area contributed by atoms with Crippen molar-refractivity contribution in [1.29, 1.82) is 0 Å². The molecule has 0 unspecified atom stereocenters. The minimum Gasteiger partial charge on any atom is -0.496 e. The zero-order valence-corrected chi connectivity index (χ0v) is 17.2. The molecule has 2 aliphatic rings. The van der Waals surface area contributed by atoms with Crippen LogP contribution in [0.4, 0.5) is 4.39 Å². The average molecular weight is 410 g/mol. The average Bonchev–Trinajstić information content (AvgIpc) is 3.17. The number of ether oxygens (including phenoxy) is 2. The van der Waals surface area contributed by atoms with Crippen LogP contribution in [0.2, 0.25) is 0 Å². The number of rotatable bonds is 6. The third-order valence-corrected chi connectivity index (χ3v) is 6.24. The van der Waals surface area contributed by atoms with Gasteiger partial charge in [-0.2, -0.15) is 0 Å². The lowest BCUT2D eigenvalue weighted by Gasteiger charge is -2.40. The van der Waals surface area contributed by atoms with Crippen molar-refractivity contribution >= 4 is 11.0 Å². The number of methoxy groups -OCH3 is 1. The highest BCUT2D eigenvalue weighted by Crippen LogP contribution is 2.37. The van der Waals surface area contributed by atoms with E-state index in [1.54, 1.807) is 19.4 Å². The maximum atomic E-state index is 13.9. The number of fused-ring (bicyclic) bond motifs is 1. The minimum atomic E-state index is -0.276. The first-order valence-corrected chi connectivity index (χ1v) is 10.6. The zero-order chi connectivity index (χ0) is 20.5. The van der Waals surface area contributed by atoms with Gasteiger partial charge in [-0.3, -0.25) is 4.90 Å². The van der Waals surface area contributed by atoms with Gasteiger partial charge in [0.25, 0.3) is 0 Å². The number of pyridine rings is 1. The summed E-state index contributed by atoms with van der Waals surface area (Å²) < 4.78 is 24.8. The molecule has 0 radical (unpaired) electrons. The Kier molecular flexibility index (Phi) is 5.41. The van der Waals surface area contributed by atoms with Crippen LogP contribution in [0.1, 0.15) is 11.6 Å². The Morgan fingerprint density at radius 3 is 2.70 bits per heavy atom. The number of nitrogens with zero attached hydrogens (tertiary/aromatic N) is 3. The molecule has 7 heteroatoms. The van der Waals surface area contributed by atoms with Gasteiger partial charge in [-0.25, -0.2) is 9.37 Å². The lowest BCUT2D eigenvalue weighted by atomic mass is 9.95. The summed E-state index contributed by atoms with van der Waals surface area (Å²) in [6.07, 6.45) is 1.76. The van der Waals surface area contributed by atoms with Gasteiger partial charge in [-0.05, 0) is 35.9 Å². The number of hydrogen-bond acceptors (Lipinski definition) is 5. The molecule has 1 N–H and O–H groups in total. The number of benzene rings is 1. The molecule has 158 valence electrons. The fourth-order valence-electron chi connectivity index (χ4n) is 4.45. The van der Waals surface area contributed by atoms with Crippen LogP contribution in [0.15, 0.2) is 36.5 Å². The molecular formula is C23H27FN4O2. The molecule has 5 rings (SSSR count). The van der Waals surface area contributed by atoms with Crippen LogP contribution >= 0.6 is 0 Å². The van der Waals surface area contributed by atoms with E-state index in [-0.39, 0.29) is 5.82 Å². The van der Waals surface area contributed by atoms with Crippen LogP contribution in [0, 0.1) is 5.82 Å². The monoisotopic (exact) mass is 410 g/mol. The Labute approximate surface area is 175 Å². The number of aromatic nitrogens is 2. The smallest absolute Gasteiger partial charge is 0.138 e. The van der Waals surface area contributed by atoms with E-state index in [9.17, 15) is 4.39 Å². The first kappa shape index (κ1) is 19.5. The van der Waals surface area contributed by atoms with Crippen LogP contribution in [0.5, 0.6) is 5.75 Å². The Morgan fingerprint density at radius 2 is 1.90 bits per heavy atom. The first-order chi connectivity index (χ1) is 14.7. The minimum absolute atomic E-state index is 0.276. The van der Waals surface area contributed by atoms with Gasteiger partial charge in [-0.1, -0.05) is 0 Å². The number of morpholine rings is 1. The molecule has 0 saturated carbocycles. The van der Waals surface area contributed by atoms with Crippen molar-refractivity contribution in [3.63, 3.8) is 0 Å². The van der Waals surface area contributed by atoms with Crippen LogP contribution in [-0.4, -0.2) is 79.4 Å². The Morgan fingerprint density at radius 1 is 1.10 bits per heavy atom. The third kappa shape index (κ3) is 3.80. The number of H-pyrrole nitrogens is 1. The fourth-order valence-corrected chi connectivity index (χ4v) is 4.45. The maximum absolute atomic E-state index is 13.9. The molecule has 0 aliphatic carbocycles. The summed E-state index contributed by atoms with van der Waals surface area (Å²) in [5.74, 6) is 0.858. The molecule has 0 spiro atoms.